The summed E-state index contributed by atoms with van der Waals surface area (Å²) in [5.41, 5.74) is 8.90. The van der Waals surface area contributed by atoms with Crippen molar-refractivity contribution in [3.63, 3.8) is 0 Å². The number of oxazole rings is 1. The molecule has 1 aliphatic heterocycles. The molecule has 6 rings (SSSR count). The van der Waals surface area contributed by atoms with Gasteiger partial charge in [-0.3, -0.25) is 19.3 Å². The monoisotopic (exact) mass is 599 g/mol. The third kappa shape index (κ3) is 7.08. The minimum Gasteiger partial charge on any atom is -0.407 e. The van der Waals surface area contributed by atoms with Crippen LogP contribution >= 0.6 is 0 Å². The third-order valence-electron chi connectivity index (χ3n) is 7.64. The van der Waals surface area contributed by atoms with Crippen LogP contribution in [0.4, 0.5) is 11.4 Å². The quantitative estimate of drug-likeness (QED) is 0.227. The van der Waals surface area contributed by atoms with Crippen LogP contribution < -0.4 is 16.0 Å². The molecule has 4 aromatic carbocycles. The number of para-hydroxylation sites is 4. The van der Waals surface area contributed by atoms with Gasteiger partial charge in [-0.25, -0.2) is 9.36 Å². The average molecular weight is 600 g/mol. The van der Waals surface area contributed by atoms with Gasteiger partial charge in [-0.15, -0.1) is 0 Å². The lowest BCUT2D eigenvalue weighted by Gasteiger charge is -2.28. The summed E-state index contributed by atoms with van der Waals surface area (Å²) in [4.78, 5) is 49.9. The number of anilines is 2. The van der Waals surface area contributed by atoms with Crippen LogP contribution in [0.25, 0.3) is 23.3 Å². The van der Waals surface area contributed by atoms with Gasteiger partial charge in [-0.1, -0.05) is 60.7 Å². The third-order valence-corrected chi connectivity index (χ3v) is 7.64. The molecule has 8 heteroatoms. The van der Waals surface area contributed by atoms with E-state index in [0.29, 0.717) is 16.8 Å². The number of allylic oxidation sites excluding steroid dienone is 1. The van der Waals surface area contributed by atoms with Crippen LogP contribution in [-0.4, -0.2) is 28.8 Å². The first-order valence-electron chi connectivity index (χ1n) is 14.5. The highest BCUT2D eigenvalue weighted by molar-refractivity contribution is 6.13. The molecule has 0 atom stereocenters. The Hall–Kier alpha value is -5.76. The molecule has 0 radical (unpaired) electrons. The van der Waals surface area contributed by atoms with Gasteiger partial charge in [0.2, 0.25) is 5.91 Å². The van der Waals surface area contributed by atoms with Gasteiger partial charge >= 0.3 is 5.76 Å². The zero-order valence-electron chi connectivity index (χ0n) is 25.5. The Morgan fingerprint density at radius 1 is 0.711 bits per heavy atom. The summed E-state index contributed by atoms with van der Waals surface area (Å²) >= 11 is 0. The second-order valence-electron chi connectivity index (χ2n) is 10.9. The van der Waals surface area contributed by atoms with Gasteiger partial charge < -0.3 is 9.73 Å². The molecule has 0 saturated carbocycles. The molecule has 0 unspecified atom stereocenters. The van der Waals surface area contributed by atoms with Crippen molar-refractivity contribution in [1.29, 1.82) is 0 Å². The highest BCUT2D eigenvalue weighted by atomic mass is 16.4. The average Bonchev–Trinajstić information content (AvgIpc) is 3.37. The number of carbonyl (C=O) groups excluding carboxylic acids is 3. The Morgan fingerprint density at radius 2 is 1.29 bits per heavy atom. The predicted octanol–water partition coefficient (Wildman–Crippen LogP) is 6.87. The number of aryl methyl sites for hydroxylation is 4. The van der Waals surface area contributed by atoms with Crippen molar-refractivity contribution in [1.82, 2.24) is 4.57 Å². The van der Waals surface area contributed by atoms with Gasteiger partial charge in [0.1, 0.15) is 6.54 Å². The molecule has 0 saturated heterocycles. The van der Waals surface area contributed by atoms with Gasteiger partial charge in [0.05, 0.1) is 16.9 Å². The molecule has 1 N–H and O–H groups in total. The standard InChI is InChI=1S/C19H18N2O2.C18H15NO3/c1-13-7-8-15(11-14(13)2)9-10-19(23)21-12-18(22)20-16-5-3-4-6-17(16)21;1-12-7-8-14(11-13(12)2)9-10-17(20)19-15-5-3-4-6-16(15)22-18(19)21/h3-11H,12H2,1-2H3,(H,20,22);3-11H,1-2H3/b2*10-9+. The summed E-state index contributed by atoms with van der Waals surface area (Å²) in [5, 5.41) is 2.78. The second kappa shape index (κ2) is 13.3. The lowest BCUT2D eigenvalue weighted by atomic mass is 10.1. The molecule has 5 aromatic rings. The first kappa shape index (κ1) is 30.7. The van der Waals surface area contributed by atoms with Crippen LogP contribution in [0.15, 0.2) is 106 Å². The maximum absolute atomic E-state index is 12.5. The Bertz CT molecular complexity index is 2050. The minimum atomic E-state index is -0.670. The van der Waals surface area contributed by atoms with Crippen LogP contribution in [0.1, 0.15) is 38.2 Å². The molecule has 0 bridgehead atoms. The van der Waals surface area contributed by atoms with Crippen molar-refractivity contribution < 1.29 is 18.8 Å². The van der Waals surface area contributed by atoms with E-state index in [9.17, 15) is 19.2 Å². The SMILES string of the molecule is Cc1ccc(/C=C/C(=O)N2CC(=O)Nc3ccccc32)cc1C.Cc1ccc(/C=C/C(=O)n2c(=O)oc3ccccc32)cc1C. The van der Waals surface area contributed by atoms with Crippen LogP contribution in [0.2, 0.25) is 0 Å². The molecule has 1 aliphatic rings. The first-order valence-corrected chi connectivity index (χ1v) is 14.5. The smallest absolute Gasteiger partial charge is 0.407 e. The number of benzene rings is 4. The molecular weight excluding hydrogens is 566 g/mol. The van der Waals surface area contributed by atoms with E-state index in [4.69, 9.17) is 4.42 Å². The predicted molar refractivity (Wildman–Crippen MR) is 178 cm³/mol. The molecule has 0 fully saturated rings. The van der Waals surface area contributed by atoms with E-state index in [1.807, 2.05) is 75.4 Å². The Morgan fingerprint density at radius 3 is 1.93 bits per heavy atom. The molecule has 0 aliphatic carbocycles. The lowest BCUT2D eigenvalue weighted by molar-refractivity contribution is -0.119. The Balaban J connectivity index is 0.000000178. The number of amides is 2. The second-order valence-corrected chi connectivity index (χ2v) is 10.9. The van der Waals surface area contributed by atoms with E-state index in [2.05, 4.69) is 12.2 Å². The molecule has 2 heterocycles. The van der Waals surface area contributed by atoms with Crippen LogP contribution in [-0.2, 0) is 9.59 Å². The molecule has 226 valence electrons. The van der Waals surface area contributed by atoms with E-state index in [-0.39, 0.29) is 18.4 Å². The molecule has 2 amide bonds. The lowest BCUT2D eigenvalue weighted by Crippen LogP contribution is -2.41. The summed E-state index contributed by atoms with van der Waals surface area (Å²) in [7, 11) is 0. The number of hydrogen-bond acceptors (Lipinski definition) is 5. The zero-order chi connectivity index (χ0) is 32.1. The first-order chi connectivity index (χ1) is 21.6. The Kier molecular flexibility index (Phi) is 9.04. The number of hydrogen-bond donors (Lipinski definition) is 1. The number of nitrogens with one attached hydrogen (secondary N) is 1. The summed E-state index contributed by atoms with van der Waals surface area (Å²) in [6.07, 6.45) is 6.37. The maximum Gasteiger partial charge on any atom is 0.427 e. The number of rotatable bonds is 4. The normalized spacial score (nSPS) is 12.6. The summed E-state index contributed by atoms with van der Waals surface area (Å²) in [6.45, 7) is 8.18. The van der Waals surface area contributed by atoms with Crippen LogP contribution in [0, 0.1) is 27.7 Å². The fourth-order valence-electron chi connectivity index (χ4n) is 4.84. The van der Waals surface area contributed by atoms with Gasteiger partial charge in [0, 0.05) is 12.2 Å². The molecule has 1 aromatic heterocycles. The summed E-state index contributed by atoms with van der Waals surface area (Å²) < 4.78 is 6.09. The van der Waals surface area contributed by atoms with Crippen molar-refractivity contribution in [2.24, 2.45) is 0 Å². The summed E-state index contributed by atoms with van der Waals surface area (Å²) in [6, 6.07) is 26.1. The van der Waals surface area contributed by atoms with E-state index in [1.165, 1.54) is 33.7 Å². The highest BCUT2D eigenvalue weighted by Crippen LogP contribution is 2.29. The molecule has 45 heavy (non-hydrogen) atoms. The van der Waals surface area contributed by atoms with Crippen LogP contribution in [0.5, 0.6) is 0 Å². The van der Waals surface area contributed by atoms with E-state index in [1.54, 1.807) is 42.5 Å². The number of fused-ring (bicyclic) bond motifs is 2. The number of nitrogens with zero attached hydrogens (tertiary/aromatic N) is 2. The van der Waals surface area contributed by atoms with Crippen molar-refractivity contribution in [2.75, 3.05) is 16.8 Å². The van der Waals surface area contributed by atoms with Crippen molar-refractivity contribution in [2.45, 2.75) is 27.7 Å². The van der Waals surface area contributed by atoms with E-state index < -0.39 is 11.7 Å². The van der Waals surface area contributed by atoms with E-state index >= 15 is 0 Å². The Labute approximate surface area is 260 Å². The van der Waals surface area contributed by atoms with Crippen molar-refractivity contribution in [3.05, 3.63) is 141 Å². The van der Waals surface area contributed by atoms with E-state index in [0.717, 1.165) is 26.9 Å². The topological polar surface area (TPSA) is 102 Å². The fourth-order valence-corrected chi connectivity index (χ4v) is 4.84. The van der Waals surface area contributed by atoms with Gasteiger partial charge in [0.25, 0.3) is 11.8 Å². The summed E-state index contributed by atoms with van der Waals surface area (Å²) in [5.74, 6) is -1.48. The minimum absolute atomic E-state index is 0.0348. The maximum atomic E-state index is 12.5. The number of aromatic nitrogens is 1. The van der Waals surface area contributed by atoms with Gasteiger partial charge in [-0.05, 0) is 97.5 Å². The van der Waals surface area contributed by atoms with Gasteiger partial charge in [0.15, 0.2) is 5.58 Å². The largest absolute Gasteiger partial charge is 0.427 e. The van der Waals surface area contributed by atoms with Gasteiger partial charge in [-0.2, -0.15) is 0 Å². The van der Waals surface area contributed by atoms with Crippen LogP contribution in [0.3, 0.4) is 0 Å². The zero-order valence-corrected chi connectivity index (χ0v) is 25.5. The number of carbonyl (C=O) groups is 3. The molecule has 8 nitrogen and oxygen atoms in total. The van der Waals surface area contributed by atoms with Crippen molar-refractivity contribution in [3.8, 4) is 0 Å². The fraction of sp³-hybridized carbons (Fsp3) is 0.135. The molecule has 0 spiro atoms. The molecular formula is C37H33N3O5. The van der Waals surface area contributed by atoms with Crippen molar-refractivity contribution >= 4 is 52.3 Å². The highest BCUT2D eigenvalue weighted by Gasteiger charge is 2.25.